The molecule has 0 saturated heterocycles. The monoisotopic (exact) mass is 486 g/mol. The number of ether oxygens (including phenoxy) is 1. The minimum atomic E-state index is -2.62. The van der Waals surface area contributed by atoms with Crippen molar-refractivity contribution in [3.05, 3.63) is 53.6 Å². The first-order chi connectivity index (χ1) is 16.9. The number of hydrogen-bond acceptors (Lipinski definition) is 6. The molecule has 0 radical (unpaired) electrons. The maximum Gasteiger partial charge on any atom is 0.272 e. The standard InChI is InChI=1S/C25H29F3N6O/c1-15-4-3-5-21(15)34-13-17(11-29-34)20-12-30-33-9-8-24(32-25(20)33)31-16(2)19-10-18(26)6-7-22(19)35-14-23(27)28/h6-12,15-17,21,23H,3-5,13-14H2,1-2H3,(H,31,32). The second-order valence-electron chi connectivity index (χ2n) is 9.40. The van der Waals surface area contributed by atoms with E-state index in [1.807, 2.05) is 18.6 Å². The van der Waals surface area contributed by atoms with Crippen LogP contribution in [0, 0.1) is 11.7 Å². The Kier molecular flexibility index (Phi) is 6.53. The van der Waals surface area contributed by atoms with Crippen LogP contribution in [-0.2, 0) is 0 Å². The van der Waals surface area contributed by atoms with Crippen molar-refractivity contribution in [1.82, 2.24) is 19.6 Å². The molecule has 1 aliphatic heterocycles. The van der Waals surface area contributed by atoms with Gasteiger partial charge in [-0.25, -0.2) is 22.7 Å². The van der Waals surface area contributed by atoms with Crippen LogP contribution in [0.1, 0.15) is 56.2 Å². The van der Waals surface area contributed by atoms with Gasteiger partial charge in [-0.05, 0) is 49.9 Å². The highest BCUT2D eigenvalue weighted by Crippen LogP contribution is 2.34. The zero-order valence-electron chi connectivity index (χ0n) is 19.7. The molecule has 10 heteroatoms. The fourth-order valence-corrected chi connectivity index (χ4v) is 5.10. The molecular formula is C25H29F3N6O. The first-order valence-corrected chi connectivity index (χ1v) is 12.0. The number of nitrogens with one attached hydrogen (secondary N) is 1. The van der Waals surface area contributed by atoms with E-state index in [2.05, 4.69) is 22.3 Å². The molecule has 5 rings (SSSR count). The highest BCUT2D eigenvalue weighted by molar-refractivity contribution is 5.74. The minimum Gasteiger partial charge on any atom is -0.487 e. The topological polar surface area (TPSA) is 67.0 Å². The molecule has 2 aromatic heterocycles. The number of hydrazone groups is 1. The lowest BCUT2D eigenvalue weighted by molar-refractivity contribution is 0.0813. The van der Waals surface area contributed by atoms with Crippen molar-refractivity contribution in [2.24, 2.45) is 11.0 Å². The Morgan fingerprint density at radius 2 is 2.09 bits per heavy atom. The van der Waals surface area contributed by atoms with Crippen LogP contribution >= 0.6 is 0 Å². The van der Waals surface area contributed by atoms with Gasteiger partial charge in [-0.3, -0.25) is 5.01 Å². The summed E-state index contributed by atoms with van der Waals surface area (Å²) in [5, 5.41) is 14.6. The lowest BCUT2D eigenvalue weighted by Crippen LogP contribution is -2.32. The molecule has 186 valence electrons. The van der Waals surface area contributed by atoms with Gasteiger partial charge in [-0.1, -0.05) is 13.3 Å². The van der Waals surface area contributed by atoms with Crippen LogP contribution in [0.3, 0.4) is 0 Å². The highest BCUT2D eigenvalue weighted by atomic mass is 19.3. The fraction of sp³-hybridized carbons (Fsp3) is 0.480. The van der Waals surface area contributed by atoms with Crippen molar-refractivity contribution in [3.63, 3.8) is 0 Å². The predicted octanol–water partition coefficient (Wildman–Crippen LogP) is 5.26. The number of fused-ring (bicyclic) bond motifs is 1. The summed E-state index contributed by atoms with van der Waals surface area (Å²) in [4.78, 5) is 4.76. The molecule has 1 fully saturated rings. The molecule has 7 nitrogen and oxygen atoms in total. The number of aromatic nitrogens is 3. The van der Waals surface area contributed by atoms with Crippen LogP contribution in [0.5, 0.6) is 5.75 Å². The van der Waals surface area contributed by atoms with Crippen LogP contribution in [-0.4, -0.2) is 51.4 Å². The Bertz CT molecular complexity index is 1220. The Morgan fingerprint density at radius 3 is 2.86 bits per heavy atom. The van der Waals surface area contributed by atoms with Gasteiger partial charge in [0.05, 0.1) is 12.2 Å². The summed E-state index contributed by atoms with van der Waals surface area (Å²) < 4.78 is 46.2. The van der Waals surface area contributed by atoms with E-state index in [9.17, 15) is 13.2 Å². The van der Waals surface area contributed by atoms with Crippen LogP contribution in [0.2, 0.25) is 0 Å². The van der Waals surface area contributed by atoms with Gasteiger partial charge in [0.25, 0.3) is 6.43 Å². The summed E-state index contributed by atoms with van der Waals surface area (Å²) >= 11 is 0. The zero-order valence-corrected chi connectivity index (χ0v) is 19.7. The summed E-state index contributed by atoms with van der Waals surface area (Å²) in [5.74, 6) is 1.04. The number of alkyl halides is 2. The van der Waals surface area contributed by atoms with Crippen LogP contribution in [0.4, 0.5) is 19.0 Å². The number of anilines is 1. The van der Waals surface area contributed by atoms with Gasteiger partial charge in [0, 0.05) is 42.0 Å². The van der Waals surface area contributed by atoms with Crippen molar-refractivity contribution < 1.29 is 17.9 Å². The second-order valence-corrected chi connectivity index (χ2v) is 9.40. The van der Waals surface area contributed by atoms with E-state index in [0.717, 1.165) is 12.1 Å². The SMILES string of the molecule is CC(Nc1ccn2ncc(C3C=NN(C4CCCC4C)C3)c2n1)c1cc(F)ccc1OCC(F)F. The molecule has 1 aliphatic carbocycles. The van der Waals surface area contributed by atoms with E-state index in [-0.39, 0.29) is 11.7 Å². The average molecular weight is 487 g/mol. The number of nitrogens with zero attached hydrogens (tertiary/aromatic N) is 5. The van der Waals surface area contributed by atoms with Crippen LogP contribution in [0.15, 0.2) is 41.8 Å². The first-order valence-electron chi connectivity index (χ1n) is 12.0. The quantitative estimate of drug-likeness (QED) is 0.471. The number of hydrogen-bond donors (Lipinski definition) is 1. The van der Waals surface area contributed by atoms with Gasteiger partial charge in [-0.2, -0.15) is 10.2 Å². The van der Waals surface area contributed by atoms with Gasteiger partial charge >= 0.3 is 0 Å². The van der Waals surface area contributed by atoms with Crippen molar-refractivity contribution >= 4 is 17.7 Å². The lowest BCUT2D eigenvalue weighted by Gasteiger charge is -2.26. The maximum atomic E-state index is 13.9. The van der Waals surface area contributed by atoms with E-state index in [1.54, 1.807) is 17.5 Å². The largest absolute Gasteiger partial charge is 0.487 e. The van der Waals surface area contributed by atoms with E-state index < -0.39 is 24.9 Å². The molecule has 1 aromatic carbocycles. The van der Waals surface area contributed by atoms with E-state index in [4.69, 9.17) is 14.8 Å². The third-order valence-corrected chi connectivity index (χ3v) is 6.94. The Hall–Kier alpha value is -3.30. The van der Waals surface area contributed by atoms with E-state index >= 15 is 0 Å². The highest BCUT2D eigenvalue weighted by Gasteiger charge is 2.33. The van der Waals surface area contributed by atoms with E-state index in [1.165, 1.54) is 37.5 Å². The van der Waals surface area contributed by atoms with Crippen molar-refractivity contribution in [1.29, 1.82) is 0 Å². The summed E-state index contributed by atoms with van der Waals surface area (Å²) in [7, 11) is 0. The molecule has 2 aliphatic rings. The first kappa shape index (κ1) is 23.4. The Labute approximate surface area is 202 Å². The van der Waals surface area contributed by atoms with E-state index in [0.29, 0.717) is 29.0 Å². The molecule has 1 saturated carbocycles. The predicted molar refractivity (Wildman–Crippen MR) is 128 cm³/mol. The smallest absolute Gasteiger partial charge is 0.272 e. The van der Waals surface area contributed by atoms with Crippen molar-refractivity contribution in [2.75, 3.05) is 18.5 Å². The molecule has 4 unspecified atom stereocenters. The summed E-state index contributed by atoms with van der Waals surface area (Å²) in [6.07, 6.45) is 6.66. The normalized spacial score (nSPS) is 22.9. The van der Waals surface area contributed by atoms with Gasteiger partial charge < -0.3 is 10.1 Å². The number of rotatable bonds is 8. The molecular weight excluding hydrogens is 457 g/mol. The summed E-state index contributed by atoms with van der Waals surface area (Å²) in [6, 6.07) is 5.67. The van der Waals surface area contributed by atoms with Crippen molar-refractivity contribution in [2.45, 2.75) is 57.5 Å². The number of halogens is 3. The fourth-order valence-electron chi connectivity index (χ4n) is 5.10. The van der Waals surface area contributed by atoms with Crippen LogP contribution in [0.25, 0.3) is 5.65 Å². The van der Waals surface area contributed by atoms with Gasteiger partial charge in [0.15, 0.2) is 5.65 Å². The molecule has 3 aromatic rings. The van der Waals surface area contributed by atoms with Gasteiger partial charge in [-0.15, -0.1) is 0 Å². The molecule has 4 atom stereocenters. The average Bonchev–Trinajstić information content (AvgIpc) is 3.57. The van der Waals surface area contributed by atoms with Crippen LogP contribution < -0.4 is 10.1 Å². The summed E-state index contributed by atoms with van der Waals surface area (Å²) in [5.41, 5.74) is 2.14. The van der Waals surface area contributed by atoms with Gasteiger partial charge in [0.1, 0.15) is 24.0 Å². The Morgan fingerprint density at radius 1 is 1.23 bits per heavy atom. The van der Waals surface area contributed by atoms with Gasteiger partial charge in [0.2, 0.25) is 0 Å². The minimum absolute atomic E-state index is 0.0954. The third-order valence-electron chi connectivity index (χ3n) is 6.94. The molecule has 1 N–H and O–H groups in total. The molecule has 0 spiro atoms. The summed E-state index contributed by atoms with van der Waals surface area (Å²) in [6.45, 7) is 4.14. The number of benzene rings is 1. The zero-order chi connectivity index (χ0) is 24.5. The third kappa shape index (κ3) is 4.92. The van der Waals surface area contributed by atoms with Crippen molar-refractivity contribution in [3.8, 4) is 5.75 Å². The molecule has 3 heterocycles. The molecule has 0 amide bonds. The molecule has 35 heavy (non-hydrogen) atoms. The lowest BCUT2D eigenvalue weighted by atomic mass is 10.0. The molecule has 0 bridgehead atoms. The second kappa shape index (κ2) is 9.75. The Balaban J connectivity index is 1.34. The maximum absolute atomic E-state index is 13.9.